The van der Waals surface area contributed by atoms with Gasteiger partial charge in [0, 0.05) is 17.2 Å². The van der Waals surface area contributed by atoms with Crippen LogP contribution in [0.3, 0.4) is 0 Å². The highest BCUT2D eigenvalue weighted by molar-refractivity contribution is 8.15. The van der Waals surface area contributed by atoms with E-state index in [1.54, 1.807) is 13.8 Å². The summed E-state index contributed by atoms with van der Waals surface area (Å²) in [4.78, 5) is 25.3. The van der Waals surface area contributed by atoms with Crippen LogP contribution in [0.5, 0.6) is 5.88 Å². The summed E-state index contributed by atoms with van der Waals surface area (Å²) in [5, 5.41) is 2.63. The molecule has 1 aliphatic carbocycles. The second-order valence-corrected chi connectivity index (χ2v) is 9.38. The molecule has 1 saturated carbocycles. The standard InChI is InChI=1S/C22H20F3N5O2S/c1-4-7-32-16-10-27-17(11(2)28-16)18(31)29-12-5-6-14(23)13(8-12)21(3)15-9-22(15,19(24)25)33-20(26)30-21/h1,5-6,8,10,15,19H,7,9H2,2-3H3,(H2,26,30)(H,29,31)/t15-,21+,22-/m0/s1. The van der Waals surface area contributed by atoms with Crippen LogP contribution >= 0.6 is 11.8 Å². The first kappa shape index (κ1) is 22.9. The van der Waals surface area contributed by atoms with Gasteiger partial charge in [-0.05, 0) is 38.5 Å². The predicted octanol–water partition coefficient (Wildman–Crippen LogP) is 3.49. The van der Waals surface area contributed by atoms with Gasteiger partial charge in [0.05, 0.1) is 22.2 Å². The molecule has 0 spiro atoms. The Bertz CT molecular complexity index is 1200. The molecule has 4 rings (SSSR count). The number of carbonyl (C=O) groups is 1. The van der Waals surface area contributed by atoms with Crippen molar-refractivity contribution in [2.24, 2.45) is 16.6 Å². The third kappa shape index (κ3) is 3.99. The van der Waals surface area contributed by atoms with Gasteiger partial charge in [-0.1, -0.05) is 17.7 Å². The quantitative estimate of drug-likeness (QED) is 0.620. The lowest BCUT2D eigenvalue weighted by Crippen LogP contribution is -2.38. The van der Waals surface area contributed by atoms with Gasteiger partial charge in [-0.3, -0.25) is 9.79 Å². The second-order valence-electron chi connectivity index (χ2n) is 8.00. The Morgan fingerprint density at radius 3 is 2.91 bits per heavy atom. The maximum absolute atomic E-state index is 14.8. The van der Waals surface area contributed by atoms with Gasteiger partial charge in [0.2, 0.25) is 5.88 Å². The number of halogens is 3. The highest BCUT2D eigenvalue weighted by Gasteiger charge is 2.71. The molecule has 0 radical (unpaired) electrons. The molecule has 1 amide bonds. The third-order valence-corrected chi connectivity index (χ3v) is 7.16. The van der Waals surface area contributed by atoms with E-state index >= 15 is 0 Å². The number of terminal acetylenes is 1. The van der Waals surface area contributed by atoms with Crippen molar-refractivity contribution < 1.29 is 22.7 Å². The lowest BCUT2D eigenvalue weighted by Gasteiger charge is -2.34. The van der Waals surface area contributed by atoms with Gasteiger partial charge in [-0.15, -0.1) is 6.42 Å². The van der Waals surface area contributed by atoms with Gasteiger partial charge in [0.25, 0.3) is 12.3 Å². The van der Waals surface area contributed by atoms with Crippen LogP contribution in [0.4, 0.5) is 18.9 Å². The fourth-order valence-electron chi connectivity index (χ4n) is 4.15. The zero-order chi connectivity index (χ0) is 24.0. The number of fused-ring (bicyclic) bond motifs is 1. The number of thioether (sulfide) groups is 1. The molecule has 3 N–H and O–H groups in total. The minimum atomic E-state index is -2.62. The van der Waals surface area contributed by atoms with Crippen LogP contribution in [0.2, 0.25) is 0 Å². The van der Waals surface area contributed by atoms with Crippen molar-refractivity contribution >= 4 is 28.5 Å². The number of nitrogens with two attached hydrogens (primary N) is 1. The van der Waals surface area contributed by atoms with E-state index in [-0.39, 0.29) is 41.0 Å². The SMILES string of the molecule is C#CCOc1cnc(C(=O)Nc2ccc(F)c([C@@]3(C)N=C(N)S[C@@]4(C(F)F)C[C@@H]34)c2)c(C)n1. The second kappa shape index (κ2) is 8.26. The third-order valence-electron chi connectivity index (χ3n) is 5.85. The van der Waals surface area contributed by atoms with Crippen LogP contribution in [-0.4, -0.2) is 38.8 Å². The molecule has 1 aliphatic heterocycles. The number of anilines is 1. The molecular formula is C22H20F3N5O2S. The number of alkyl halides is 2. The van der Waals surface area contributed by atoms with E-state index in [1.165, 1.54) is 18.3 Å². The van der Waals surface area contributed by atoms with Crippen molar-refractivity contribution in [2.75, 3.05) is 11.9 Å². The largest absolute Gasteiger partial charge is 0.463 e. The van der Waals surface area contributed by atoms with Crippen LogP contribution in [0.15, 0.2) is 29.4 Å². The first-order chi connectivity index (χ1) is 15.6. The van der Waals surface area contributed by atoms with Gasteiger partial charge in [0.15, 0.2) is 11.8 Å². The molecule has 2 aliphatic rings. The molecule has 0 bridgehead atoms. The molecular weight excluding hydrogens is 455 g/mol. The summed E-state index contributed by atoms with van der Waals surface area (Å²) in [7, 11) is 0. The van der Waals surface area contributed by atoms with Gasteiger partial charge >= 0.3 is 0 Å². The Hall–Kier alpha value is -3.26. The van der Waals surface area contributed by atoms with Gasteiger partial charge in [0.1, 0.15) is 11.5 Å². The summed E-state index contributed by atoms with van der Waals surface area (Å²) in [5.74, 6) is 0.682. The molecule has 11 heteroatoms. The molecule has 1 aromatic carbocycles. The van der Waals surface area contributed by atoms with Crippen molar-refractivity contribution in [3.63, 3.8) is 0 Å². The Morgan fingerprint density at radius 2 is 2.24 bits per heavy atom. The fraction of sp³-hybridized carbons (Fsp3) is 0.364. The summed E-state index contributed by atoms with van der Waals surface area (Å²) >= 11 is 0.843. The zero-order valence-electron chi connectivity index (χ0n) is 17.7. The van der Waals surface area contributed by atoms with Crippen molar-refractivity contribution in [3.05, 3.63) is 47.2 Å². The number of rotatable bonds is 6. The monoisotopic (exact) mass is 475 g/mol. The number of aryl methyl sites for hydroxylation is 1. The van der Waals surface area contributed by atoms with E-state index in [9.17, 15) is 18.0 Å². The van der Waals surface area contributed by atoms with Crippen molar-refractivity contribution in [2.45, 2.75) is 37.0 Å². The molecule has 2 heterocycles. The molecule has 3 atom stereocenters. The lowest BCUT2D eigenvalue weighted by molar-refractivity contribution is 0.102. The minimum Gasteiger partial charge on any atom is -0.463 e. The topological polar surface area (TPSA) is 102 Å². The van der Waals surface area contributed by atoms with E-state index < -0.39 is 34.4 Å². The molecule has 172 valence electrons. The van der Waals surface area contributed by atoms with E-state index in [4.69, 9.17) is 16.9 Å². The predicted molar refractivity (Wildman–Crippen MR) is 119 cm³/mol. The normalized spacial score (nSPS) is 25.6. The van der Waals surface area contributed by atoms with Gasteiger partial charge in [-0.2, -0.15) is 0 Å². The average Bonchev–Trinajstić information content (AvgIpc) is 3.50. The Balaban J connectivity index is 1.61. The molecule has 33 heavy (non-hydrogen) atoms. The van der Waals surface area contributed by atoms with E-state index in [0.717, 1.165) is 17.8 Å². The Morgan fingerprint density at radius 1 is 1.48 bits per heavy atom. The Kier molecular flexibility index (Phi) is 5.74. The summed E-state index contributed by atoms with van der Waals surface area (Å²) in [5.41, 5.74) is 5.23. The number of amidine groups is 1. The highest BCUT2D eigenvalue weighted by atomic mass is 32.2. The summed E-state index contributed by atoms with van der Waals surface area (Å²) < 4.78 is 46.1. The summed E-state index contributed by atoms with van der Waals surface area (Å²) in [6.07, 6.45) is 3.94. The first-order valence-electron chi connectivity index (χ1n) is 9.94. The van der Waals surface area contributed by atoms with Crippen LogP contribution in [0.25, 0.3) is 0 Å². The van der Waals surface area contributed by atoms with Crippen molar-refractivity contribution in [1.29, 1.82) is 0 Å². The van der Waals surface area contributed by atoms with Crippen LogP contribution in [-0.2, 0) is 5.54 Å². The van der Waals surface area contributed by atoms with Crippen molar-refractivity contribution in [1.82, 2.24) is 9.97 Å². The van der Waals surface area contributed by atoms with Crippen molar-refractivity contribution in [3.8, 4) is 18.2 Å². The van der Waals surface area contributed by atoms with Gasteiger partial charge < -0.3 is 15.8 Å². The lowest BCUT2D eigenvalue weighted by atomic mass is 9.85. The number of hydrogen-bond donors (Lipinski definition) is 2. The number of nitrogens with zero attached hydrogens (tertiary/aromatic N) is 3. The van der Waals surface area contributed by atoms with E-state index in [2.05, 4.69) is 26.2 Å². The maximum atomic E-state index is 14.8. The van der Waals surface area contributed by atoms with E-state index in [0.29, 0.717) is 5.69 Å². The fourth-order valence-corrected chi connectivity index (χ4v) is 5.49. The molecule has 1 aromatic heterocycles. The van der Waals surface area contributed by atoms with Crippen LogP contribution in [0.1, 0.15) is 35.1 Å². The van der Waals surface area contributed by atoms with Gasteiger partial charge in [-0.25, -0.2) is 23.1 Å². The smallest absolute Gasteiger partial charge is 0.276 e. The molecule has 0 saturated heterocycles. The molecule has 7 nitrogen and oxygen atoms in total. The highest BCUT2D eigenvalue weighted by Crippen LogP contribution is 2.68. The number of carbonyl (C=O) groups excluding carboxylic acids is 1. The summed E-state index contributed by atoms with van der Waals surface area (Å²) in [6, 6.07) is 3.91. The number of aliphatic imine (C=N–C) groups is 1. The number of nitrogens with one attached hydrogen (secondary N) is 1. The number of benzene rings is 1. The van der Waals surface area contributed by atoms with Crippen LogP contribution < -0.4 is 15.8 Å². The Labute approximate surface area is 192 Å². The number of aromatic nitrogens is 2. The zero-order valence-corrected chi connectivity index (χ0v) is 18.5. The average molecular weight is 475 g/mol. The molecule has 2 aromatic rings. The molecule has 1 fully saturated rings. The number of amides is 1. The minimum absolute atomic E-state index is 0.0100. The van der Waals surface area contributed by atoms with E-state index in [1.807, 2.05) is 0 Å². The number of hydrogen-bond acceptors (Lipinski definition) is 7. The molecule has 0 unspecified atom stereocenters. The summed E-state index contributed by atoms with van der Waals surface area (Å²) in [6.45, 7) is 3.18. The van der Waals surface area contributed by atoms with Crippen LogP contribution in [0, 0.1) is 31.0 Å². The first-order valence-corrected chi connectivity index (χ1v) is 10.8. The maximum Gasteiger partial charge on any atom is 0.276 e. The number of ether oxygens (including phenoxy) is 1.